The highest BCUT2D eigenvalue weighted by Gasteiger charge is 2.27. The molecule has 7 nitrogen and oxygen atoms in total. The van der Waals surface area contributed by atoms with E-state index in [-0.39, 0.29) is 5.91 Å². The lowest BCUT2D eigenvalue weighted by atomic mass is 10.3. The average molecular weight is 391 g/mol. The molecule has 4 heterocycles. The van der Waals surface area contributed by atoms with E-state index in [1.54, 1.807) is 18.5 Å². The Bertz CT molecular complexity index is 1160. The predicted molar refractivity (Wildman–Crippen MR) is 107 cm³/mol. The Labute approximate surface area is 164 Å². The van der Waals surface area contributed by atoms with Crippen LogP contribution < -0.4 is 11.1 Å². The molecule has 8 heteroatoms. The first-order valence-electron chi connectivity index (χ1n) is 9.01. The number of pyridine rings is 1. The SMILES string of the molecule is Nc1nc(-c2ccc(C3CC3)o2)nc2sc(C(=O)NCc3cccnc3)cc12. The molecule has 5 rings (SSSR count). The molecule has 0 bridgehead atoms. The number of nitrogens with two attached hydrogens (primary N) is 1. The van der Waals surface area contributed by atoms with E-state index in [1.807, 2.05) is 24.3 Å². The van der Waals surface area contributed by atoms with Crippen molar-refractivity contribution in [1.29, 1.82) is 0 Å². The van der Waals surface area contributed by atoms with Crippen LogP contribution in [0, 0.1) is 0 Å². The van der Waals surface area contributed by atoms with E-state index in [9.17, 15) is 4.79 Å². The van der Waals surface area contributed by atoms with Crippen LogP contribution in [0.5, 0.6) is 0 Å². The minimum atomic E-state index is -0.179. The molecule has 0 aromatic carbocycles. The van der Waals surface area contributed by atoms with Crippen molar-refractivity contribution in [2.75, 3.05) is 5.73 Å². The third kappa shape index (κ3) is 3.22. The van der Waals surface area contributed by atoms with Gasteiger partial charge in [-0.2, -0.15) is 0 Å². The number of nitrogens with one attached hydrogen (secondary N) is 1. The zero-order valence-electron chi connectivity index (χ0n) is 14.9. The number of nitrogens with zero attached hydrogens (tertiary/aromatic N) is 3. The summed E-state index contributed by atoms with van der Waals surface area (Å²) in [7, 11) is 0. The van der Waals surface area contributed by atoms with Crippen molar-refractivity contribution in [3.63, 3.8) is 0 Å². The third-order valence-electron chi connectivity index (χ3n) is 4.65. The summed E-state index contributed by atoms with van der Waals surface area (Å²) >= 11 is 1.29. The predicted octanol–water partition coefficient (Wildman–Crippen LogP) is 3.74. The fraction of sp³-hybridized carbons (Fsp3) is 0.200. The van der Waals surface area contributed by atoms with Gasteiger partial charge in [0.15, 0.2) is 11.6 Å². The van der Waals surface area contributed by atoms with Crippen LogP contribution in [0.15, 0.2) is 47.1 Å². The highest BCUT2D eigenvalue weighted by atomic mass is 32.1. The number of furan rings is 1. The number of fused-ring (bicyclic) bond motifs is 1. The maximum absolute atomic E-state index is 12.5. The van der Waals surface area contributed by atoms with Gasteiger partial charge in [-0.05, 0) is 42.7 Å². The molecule has 1 saturated carbocycles. The molecule has 0 spiro atoms. The number of amides is 1. The second-order valence-electron chi connectivity index (χ2n) is 6.78. The second kappa shape index (κ2) is 6.72. The van der Waals surface area contributed by atoms with Gasteiger partial charge in [-0.1, -0.05) is 6.07 Å². The first-order valence-corrected chi connectivity index (χ1v) is 9.83. The van der Waals surface area contributed by atoms with Crippen molar-refractivity contribution in [2.45, 2.75) is 25.3 Å². The van der Waals surface area contributed by atoms with E-state index in [0.717, 1.165) is 24.2 Å². The van der Waals surface area contributed by atoms with E-state index >= 15 is 0 Å². The van der Waals surface area contributed by atoms with Gasteiger partial charge in [-0.25, -0.2) is 9.97 Å². The number of hydrogen-bond donors (Lipinski definition) is 2. The molecular weight excluding hydrogens is 374 g/mol. The lowest BCUT2D eigenvalue weighted by molar-refractivity contribution is 0.0955. The van der Waals surface area contributed by atoms with Gasteiger partial charge >= 0.3 is 0 Å². The average Bonchev–Trinajstić information content (AvgIpc) is 3.27. The molecule has 28 heavy (non-hydrogen) atoms. The number of rotatable bonds is 5. The quantitative estimate of drug-likeness (QED) is 0.537. The summed E-state index contributed by atoms with van der Waals surface area (Å²) in [6, 6.07) is 9.33. The highest BCUT2D eigenvalue weighted by molar-refractivity contribution is 7.20. The Morgan fingerprint density at radius 2 is 2.18 bits per heavy atom. The molecule has 4 aromatic rings. The molecule has 0 radical (unpaired) electrons. The summed E-state index contributed by atoms with van der Waals surface area (Å²) in [5.41, 5.74) is 7.06. The molecule has 1 aliphatic rings. The van der Waals surface area contributed by atoms with Gasteiger partial charge in [0.25, 0.3) is 5.91 Å². The molecule has 140 valence electrons. The van der Waals surface area contributed by atoms with Crippen LogP contribution in [0.25, 0.3) is 21.8 Å². The van der Waals surface area contributed by atoms with Gasteiger partial charge in [-0.3, -0.25) is 9.78 Å². The van der Waals surface area contributed by atoms with Crippen molar-refractivity contribution in [2.24, 2.45) is 0 Å². The van der Waals surface area contributed by atoms with Crippen molar-refractivity contribution in [3.8, 4) is 11.6 Å². The zero-order chi connectivity index (χ0) is 19.1. The standard InChI is InChI=1S/C20H17N5O2S/c21-17-13-8-16(19(26)23-10-11-2-1-7-22-9-11)28-20(13)25-18(24-17)15-6-5-14(27-15)12-3-4-12/h1-2,5-9,12H,3-4,10H2,(H,23,26)(H2,21,24,25). The molecule has 1 amide bonds. The van der Waals surface area contributed by atoms with Crippen LogP contribution in [0.1, 0.15) is 39.8 Å². The normalized spacial score (nSPS) is 13.7. The first kappa shape index (κ1) is 16.9. The fourth-order valence-corrected chi connectivity index (χ4v) is 3.95. The summed E-state index contributed by atoms with van der Waals surface area (Å²) in [5, 5.41) is 3.56. The monoisotopic (exact) mass is 391 g/mol. The van der Waals surface area contributed by atoms with E-state index in [1.165, 1.54) is 11.3 Å². The summed E-state index contributed by atoms with van der Waals surface area (Å²) in [6.07, 6.45) is 5.75. The Morgan fingerprint density at radius 1 is 1.29 bits per heavy atom. The topological polar surface area (TPSA) is 107 Å². The van der Waals surface area contributed by atoms with E-state index < -0.39 is 0 Å². The summed E-state index contributed by atoms with van der Waals surface area (Å²) < 4.78 is 5.88. The molecule has 0 aliphatic heterocycles. The Hall–Kier alpha value is -3.26. The van der Waals surface area contributed by atoms with Gasteiger partial charge in [-0.15, -0.1) is 11.3 Å². The minimum Gasteiger partial charge on any atom is -0.457 e. The second-order valence-corrected chi connectivity index (χ2v) is 7.81. The van der Waals surface area contributed by atoms with Crippen LogP contribution in [0.2, 0.25) is 0 Å². The lowest BCUT2D eigenvalue weighted by Gasteiger charge is -2.02. The molecule has 0 atom stereocenters. The maximum Gasteiger partial charge on any atom is 0.261 e. The Kier molecular flexibility index (Phi) is 4.05. The van der Waals surface area contributed by atoms with Crippen molar-refractivity contribution in [1.82, 2.24) is 20.3 Å². The van der Waals surface area contributed by atoms with Gasteiger partial charge in [0.2, 0.25) is 0 Å². The Balaban J connectivity index is 1.40. The van der Waals surface area contributed by atoms with Crippen LogP contribution >= 0.6 is 11.3 Å². The summed E-state index contributed by atoms with van der Waals surface area (Å²) in [5.74, 6) is 2.70. The molecule has 1 fully saturated rings. The highest BCUT2D eigenvalue weighted by Crippen LogP contribution is 2.42. The first-order chi connectivity index (χ1) is 13.7. The number of thiophene rings is 1. The number of hydrogen-bond acceptors (Lipinski definition) is 7. The molecule has 4 aromatic heterocycles. The van der Waals surface area contributed by atoms with E-state index in [0.29, 0.717) is 45.0 Å². The zero-order valence-corrected chi connectivity index (χ0v) is 15.7. The molecule has 3 N–H and O–H groups in total. The van der Waals surface area contributed by atoms with Crippen LogP contribution in [0.3, 0.4) is 0 Å². The maximum atomic E-state index is 12.5. The van der Waals surface area contributed by atoms with E-state index in [4.69, 9.17) is 10.2 Å². The van der Waals surface area contributed by atoms with Crippen molar-refractivity contribution < 1.29 is 9.21 Å². The summed E-state index contributed by atoms with van der Waals surface area (Å²) in [6.45, 7) is 0.406. The molecular formula is C20H17N5O2S. The smallest absolute Gasteiger partial charge is 0.261 e. The van der Waals surface area contributed by atoms with Gasteiger partial charge in [0.1, 0.15) is 16.4 Å². The number of aromatic nitrogens is 3. The third-order valence-corrected chi connectivity index (χ3v) is 5.68. The van der Waals surface area contributed by atoms with Crippen molar-refractivity contribution >= 4 is 33.3 Å². The largest absolute Gasteiger partial charge is 0.457 e. The fourth-order valence-electron chi connectivity index (χ4n) is 3.00. The van der Waals surface area contributed by atoms with Crippen LogP contribution in [-0.4, -0.2) is 20.9 Å². The number of anilines is 1. The number of nitrogen functional groups attached to an aromatic ring is 1. The minimum absolute atomic E-state index is 0.179. The molecule has 0 saturated heterocycles. The number of carbonyl (C=O) groups is 1. The lowest BCUT2D eigenvalue weighted by Crippen LogP contribution is -2.21. The van der Waals surface area contributed by atoms with Crippen LogP contribution in [0.4, 0.5) is 5.82 Å². The van der Waals surface area contributed by atoms with Crippen LogP contribution in [-0.2, 0) is 6.54 Å². The number of carbonyl (C=O) groups excluding carboxylic acids is 1. The van der Waals surface area contributed by atoms with Gasteiger partial charge in [0, 0.05) is 24.9 Å². The summed E-state index contributed by atoms with van der Waals surface area (Å²) in [4.78, 5) is 26.7. The Morgan fingerprint density at radius 3 is 2.96 bits per heavy atom. The molecule has 0 unspecified atom stereocenters. The van der Waals surface area contributed by atoms with E-state index in [2.05, 4.69) is 20.3 Å². The van der Waals surface area contributed by atoms with Crippen molar-refractivity contribution in [3.05, 3.63) is 58.9 Å². The van der Waals surface area contributed by atoms with Gasteiger partial charge in [0.05, 0.1) is 10.3 Å². The van der Waals surface area contributed by atoms with Gasteiger partial charge < -0.3 is 15.5 Å². The molecule has 1 aliphatic carbocycles.